The molecule has 1 aromatic carbocycles. The second kappa shape index (κ2) is 4.00. The van der Waals surface area contributed by atoms with Crippen LogP contribution in [0.25, 0.3) is 0 Å². The summed E-state index contributed by atoms with van der Waals surface area (Å²) in [7, 11) is 0. The minimum absolute atomic E-state index is 0.0445. The highest BCUT2D eigenvalue weighted by Crippen LogP contribution is 2.56. The van der Waals surface area contributed by atoms with E-state index >= 15 is 0 Å². The van der Waals surface area contributed by atoms with Crippen molar-refractivity contribution in [3.8, 4) is 11.5 Å². The Labute approximate surface area is 119 Å². The van der Waals surface area contributed by atoms with Crippen LogP contribution in [-0.2, 0) is 16.6 Å². The van der Waals surface area contributed by atoms with E-state index in [0.717, 1.165) is 30.4 Å². The summed E-state index contributed by atoms with van der Waals surface area (Å²) in [6, 6.07) is 3.40. The molecular formula is C17H22O3. The molecule has 1 fully saturated rings. The van der Waals surface area contributed by atoms with E-state index in [1.807, 2.05) is 0 Å². The van der Waals surface area contributed by atoms with Crippen LogP contribution in [0.1, 0.15) is 51.2 Å². The summed E-state index contributed by atoms with van der Waals surface area (Å²) in [4.78, 5) is 12.3. The van der Waals surface area contributed by atoms with Gasteiger partial charge in [0.05, 0.1) is 0 Å². The molecule has 3 heteroatoms. The molecule has 0 heterocycles. The summed E-state index contributed by atoms with van der Waals surface area (Å²) in [5.41, 5.74) is 1.84. The monoisotopic (exact) mass is 274 g/mol. The summed E-state index contributed by atoms with van der Waals surface area (Å²) < 4.78 is 0. The lowest BCUT2D eigenvalue weighted by Crippen LogP contribution is -2.52. The van der Waals surface area contributed by atoms with Crippen LogP contribution in [-0.4, -0.2) is 16.0 Å². The summed E-state index contributed by atoms with van der Waals surface area (Å²) in [6.45, 7) is 6.33. The van der Waals surface area contributed by atoms with Gasteiger partial charge in [0.25, 0.3) is 0 Å². The minimum Gasteiger partial charge on any atom is -0.504 e. The molecule has 2 N–H and O–H groups in total. The average Bonchev–Trinajstić information content (AvgIpc) is 2.37. The second-order valence-electron chi connectivity index (χ2n) is 7.15. The number of carbonyl (C=O) groups excluding carboxylic acids is 1. The highest BCUT2D eigenvalue weighted by Gasteiger charge is 2.53. The van der Waals surface area contributed by atoms with Crippen molar-refractivity contribution >= 4 is 5.78 Å². The van der Waals surface area contributed by atoms with Gasteiger partial charge in [0.2, 0.25) is 0 Å². The summed E-state index contributed by atoms with van der Waals surface area (Å²) in [5, 5.41) is 19.5. The van der Waals surface area contributed by atoms with Crippen molar-refractivity contribution in [3.63, 3.8) is 0 Å². The Morgan fingerprint density at radius 3 is 2.45 bits per heavy atom. The normalized spacial score (nSPS) is 31.6. The molecule has 0 saturated heterocycles. The lowest BCUT2D eigenvalue weighted by Gasteiger charge is -2.53. The summed E-state index contributed by atoms with van der Waals surface area (Å²) in [5.74, 6) is 0.552. The molecule has 2 aliphatic carbocycles. The predicted octanol–water partition coefficient (Wildman–Crippen LogP) is 3.31. The smallest absolute Gasteiger partial charge is 0.157 e. The predicted molar refractivity (Wildman–Crippen MR) is 77.0 cm³/mol. The first-order chi connectivity index (χ1) is 9.26. The third-order valence-corrected chi connectivity index (χ3v) is 5.75. The molecule has 2 aliphatic rings. The van der Waals surface area contributed by atoms with Gasteiger partial charge in [0, 0.05) is 11.8 Å². The van der Waals surface area contributed by atoms with Crippen LogP contribution in [0.15, 0.2) is 12.1 Å². The maximum absolute atomic E-state index is 12.3. The molecule has 0 unspecified atom stereocenters. The van der Waals surface area contributed by atoms with Gasteiger partial charge in [-0.3, -0.25) is 4.79 Å². The molecule has 0 bridgehead atoms. The Balaban J connectivity index is 2.16. The number of benzene rings is 1. The third-order valence-electron chi connectivity index (χ3n) is 5.75. The molecular weight excluding hydrogens is 252 g/mol. The van der Waals surface area contributed by atoms with Crippen molar-refractivity contribution in [3.05, 3.63) is 23.3 Å². The summed E-state index contributed by atoms with van der Waals surface area (Å²) >= 11 is 0. The highest BCUT2D eigenvalue weighted by molar-refractivity contribution is 5.86. The van der Waals surface area contributed by atoms with Crippen molar-refractivity contribution in [1.82, 2.24) is 0 Å². The summed E-state index contributed by atoms with van der Waals surface area (Å²) in [6.07, 6.45) is 3.25. The quantitative estimate of drug-likeness (QED) is 0.714. The number of rotatable bonds is 0. The van der Waals surface area contributed by atoms with Crippen molar-refractivity contribution in [2.75, 3.05) is 0 Å². The fraction of sp³-hybridized carbons (Fsp3) is 0.588. The maximum atomic E-state index is 12.3. The van der Waals surface area contributed by atoms with Gasteiger partial charge in [-0.2, -0.15) is 0 Å². The second-order valence-corrected chi connectivity index (χ2v) is 7.15. The Bertz CT molecular complexity index is 588. The van der Waals surface area contributed by atoms with Crippen LogP contribution >= 0.6 is 0 Å². The third kappa shape index (κ3) is 1.62. The van der Waals surface area contributed by atoms with Crippen LogP contribution in [0.3, 0.4) is 0 Å². The van der Waals surface area contributed by atoms with E-state index in [2.05, 4.69) is 20.8 Å². The number of Topliss-reactive ketones (excluding diaryl/α,β-unsaturated/α-hetero) is 1. The number of phenolic OH excluding ortho intramolecular Hbond substituents is 2. The van der Waals surface area contributed by atoms with Gasteiger partial charge in [0.1, 0.15) is 5.78 Å². The standard InChI is InChI=1S/C17H22O3/c1-16(2)14-5-4-10-8-12(18)13(19)9-11(10)17(14,3)7-6-15(16)20/h8-9,14,18-19H,4-7H2,1-3H3/t14-,17+/m1/s1. The highest BCUT2D eigenvalue weighted by atomic mass is 16.3. The topological polar surface area (TPSA) is 57.5 Å². The Morgan fingerprint density at radius 1 is 1.10 bits per heavy atom. The Hall–Kier alpha value is -1.51. The van der Waals surface area contributed by atoms with Crippen molar-refractivity contribution in [2.24, 2.45) is 11.3 Å². The molecule has 0 radical (unpaired) electrons. The number of hydrogen-bond acceptors (Lipinski definition) is 3. The first-order valence-electron chi connectivity index (χ1n) is 7.35. The zero-order valence-corrected chi connectivity index (χ0v) is 12.4. The number of hydrogen-bond donors (Lipinski definition) is 2. The molecule has 0 aromatic heterocycles. The van der Waals surface area contributed by atoms with Crippen molar-refractivity contribution in [1.29, 1.82) is 0 Å². The largest absolute Gasteiger partial charge is 0.504 e. The van der Waals surface area contributed by atoms with E-state index in [9.17, 15) is 15.0 Å². The van der Waals surface area contributed by atoms with Crippen LogP contribution < -0.4 is 0 Å². The van der Waals surface area contributed by atoms with Crippen molar-refractivity contribution in [2.45, 2.75) is 51.9 Å². The molecule has 0 spiro atoms. The number of aromatic hydroxyl groups is 2. The number of fused-ring (bicyclic) bond motifs is 3. The number of carbonyl (C=O) groups is 1. The number of phenols is 2. The van der Waals surface area contributed by atoms with Gasteiger partial charge < -0.3 is 10.2 Å². The van der Waals surface area contributed by atoms with Crippen LogP contribution in [0.2, 0.25) is 0 Å². The Morgan fingerprint density at radius 2 is 1.75 bits per heavy atom. The molecule has 108 valence electrons. The maximum Gasteiger partial charge on any atom is 0.157 e. The van der Waals surface area contributed by atoms with E-state index < -0.39 is 0 Å². The number of aryl methyl sites for hydroxylation is 1. The van der Waals surface area contributed by atoms with Crippen molar-refractivity contribution < 1.29 is 15.0 Å². The van der Waals surface area contributed by atoms with Crippen LogP contribution in [0, 0.1) is 11.3 Å². The van der Waals surface area contributed by atoms with Gasteiger partial charge in [0.15, 0.2) is 11.5 Å². The lowest BCUT2D eigenvalue weighted by atomic mass is 9.50. The zero-order chi connectivity index (χ0) is 14.7. The molecule has 2 atom stereocenters. The van der Waals surface area contributed by atoms with Crippen LogP contribution in [0.5, 0.6) is 11.5 Å². The van der Waals surface area contributed by atoms with E-state index in [4.69, 9.17) is 0 Å². The fourth-order valence-electron chi connectivity index (χ4n) is 4.52. The van der Waals surface area contributed by atoms with Gasteiger partial charge in [-0.25, -0.2) is 0 Å². The molecule has 0 aliphatic heterocycles. The number of ketones is 1. The molecule has 1 saturated carbocycles. The molecule has 0 amide bonds. The van der Waals surface area contributed by atoms with Gasteiger partial charge in [-0.1, -0.05) is 20.8 Å². The van der Waals surface area contributed by atoms with E-state index in [1.165, 1.54) is 0 Å². The molecule has 3 nitrogen and oxygen atoms in total. The zero-order valence-electron chi connectivity index (χ0n) is 12.4. The van der Waals surface area contributed by atoms with Gasteiger partial charge >= 0.3 is 0 Å². The first-order valence-corrected chi connectivity index (χ1v) is 7.35. The van der Waals surface area contributed by atoms with E-state index in [1.54, 1.807) is 12.1 Å². The van der Waals surface area contributed by atoms with E-state index in [0.29, 0.717) is 18.1 Å². The lowest BCUT2D eigenvalue weighted by molar-refractivity contribution is -0.137. The Kier molecular flexibility index (Phi) is 2.69. The fourth-order valence-corrected chi connectivity index (χ4v) is 4.52. The minimum atomic E-state index is -0.307. The van der Waals surface area contributed by atoms with E-state index in [-0.39, 0.29) is 22.3 Å². The molecule has 1 aromatic rings. The first kappa shape index (κ1) is 13.5. The molecule has 3 rings (SSSR count). The van der Waals surface area contributed by atoms with Gasteiger partial charge in [-0.05, 0) is 53.9 Å². The molecule has 20 heavy (non-hydrogen) atoms. The van der Waals surface area contributed by atoms with Gasteiger partial charge in [-0.15, -0.1) is 0 Å². The van der Waals surface area contributed by atoms with Crippen LogP contribution in [0.4, 0.5) is 0 Å². The SMILES string of the molecule is CC1(C)C(=O)CC[C@@]2(C)c3cc(O)c(O)cc3CC[C@H]12. The average molecular weight is 274 g/mol.